The maximum Gasteiger partial charge on any atom is 0.336 e. The van der Waals surface area contributed by atoms with Crippen LogP contribution >= 0.6 is 0 Å². The van der Waals surface area contributed by atoms with Gasteiger partial charge in [-0.3, -0.25) is 9.59 Å². The van der Waals surface area contributed by atoms with E-state index in [1.807, 2.05) is 19.1 Å². The second kappa shape index (κ2) is 7.49. The SMILES string of the molecule is Cc1ccc2c(CC(=O)NCc3ccc(C(=O)N(C)C)o3)cc(=O)oc2c1. The van der Waals surface area contributed by atoms with Crippen LogP contribution in [0.2, 0.25) is 0 Å². The monoisotopic (exact) mass is 368 g/mol. The van der Waals surface area contributed by atoms with E-state index in [1.54, 1.807) is 32.3 Å². The van der Waals surface area contributed by atoms with Gasteiger partial charge in [-0.1, -0.05) is 12.1 Å². The van der Waals surface area contributed by atoms with Crippen LogP contribution in [0.3, 0.4) is 0 Å². The van der Waals surface area contributed by atoms with Crippen molar-refractivity contribution in [3.8, 4) is 0 Å². The van der Waals surface area contributed by atoms with Gasteiger partial charge in [-0.05, 0) is 36.2 Å². The van der Waals surface area contributed by atoms with Gasteiger partial charge in [0.15, 0.2) is 5.76 Å². The van der Waals surface area contributed by atoms with Crippen LogP contribution in [-0.2, 0) is 17.8 Å². The molecule has 0 radical (unpaired) electrons. The fourth-order valence-electron chi connectivity index (χ4n) is 2.71. The molecule has 2 amide bonds. The minimum Gasteiger partial charge on any atom is -0.454 e. The lowest BCUT2D eigenvalue weighted by atomic mass is 10.1. The quantitative estimate of drug-likeness (QED) is 0.697. The zero-order chi connectivity index (χ0) is 19.6. The molecule has 3 aromatic rings. The summed E-state index contributed by atoms with van der Waals surface area (Å²) in [6, 6.07) is 10.1. The fraction of sp³-hybridized carbons (Fsp3) is 0.250. The predicted molar refractivity (Wildman–Crippen MR) is 99.5 cm³/mol. The molecule has 0 aliphatic rings. The average Bonchev–Trinajstić information content (AvgIpc) is 3.07. The lowest BCUT2D eigenvalue weighted by Crippen LogP contribution is -2.25. The smallest absolute Gasteiger partial charge is 0.336 e. The summed E-state index contributed by atoms with van der Waals surface area (Å²) >= 11 is 0. The number of hydrogen-bond acceptors (Lipinski definition) is 5. The van der Waals surface area contributed by atoms with Crippen molar-refractivity contribution in [2.24, 2.45) is 0 Å². The Morgan fingerprint density at radius 3 is 2.59 bits per heavy atom. The first-order chi connectivity index (χ1) is 12.8. The first-order valence-corrected chi connectivity index (χ1v) is 8.44. The van der Waals surface area contributed by atoms with Crippen LogP contribution in [0.4, 0.5) is 0 Å². The number of fused-ring (bicyclic) bond motifs is 1. The van der Waals surface area contributed by atoms with Crippen LogP contribution in [0.1, 0.15) is 27.4 Å². The summed E-state index contributed by atoms with van der Waals surface area (Å²) < 4.78 is 10.6. The molecule has 0 saturated heterocycles. The number of hydrogen-bond donors (Lipinski definition) is 1. The molecule has 1 aromatic carbocycles. The van der Waals surface area contributed by atoms with Crippen molar-refractivity contribution in [1.82, 2.24) is 10.2 Å². The molecule has 0 fully saturated rings. The molecule has 0 aliphatic heterocycles. The van der Waals surface area contributed by atoms with Crippen molar-refractivity contribution >= 4 is 22.8 Å². The van der Waals surface area contributed by atoms with E-state index in [2.05, 4.69) is 5.32 Å². The Kier molecular flexibility index (Phi) is 5.12. The molecule has 3 rings (SSSR count). The fourth-order valence-corrected chi connectivity index (χ4v) is 2.71. The third-order valence-electron chi connectivity index (χ3n) is 4.08. The number of rotatable bonds is 5. The van der Waals surface area contributed by atoms with Crippen LogP contribution in [0, 0.1) is 6.92 Å². The van der Waals surface area contributed by atoms with Crippen molar-refractivity contribution in [2.75, 3.05) is 14.1 Å². The van der Waals surface area contributed by atoms with Crippen molar-refractivity contribution in [2.45, 2.75) is 19.9 Å². The van der Waals surface area contributed by atoms with E-state index in [0.717, 1.165) is 10.9 Å². The molecule has 0 aliphatic carbocycles. The Balaban J connectivity index is 1.69. The van der Waals surface area contributed by atoms with E-state index in [-0.39, 0.29) is 30.5 Å². The molecular weight excluding hydrogens is 348 g/mol. The first kappa shape index (κ1) is 18.4. The Morgan fingerprint density at radius 1 is 1.07 bits per heavy atom. The number of benzene rings is 1. The summed E-state index contributed by atoms with van der Waals surface area (Å²) in [6.07, 6.45) is 0.0371. The molecule has 1 N–H and O–H groups in total. The summed E-state index contributed by atoms with van der Waals surface area (Å²) in [5.41, 5.74) is 1.53. The van der Waals surface area contributed by atoms with E-state index in [4.69, 9.17) is 8.83 Å². The third kappa shape index (κ3) is 4.25. The molecular formula is C20H20N2O5. The van der Waals surface area contributed by atoms with Gasteiger partial charge in [-0.2, -0.15) is 0 Å². The highest BCUT2D eigenvalue weighted by atomic mass is 16.4. The Morgan fingerprint density at radius 2 is 1.85 bits per heavy atom. The van der Waals surface area contributed by atoms with Gasteiger partial charge in [0.05, 0.1) is 13.0 Å². The molecule has 2 heterocycles. The molecule has 2 aromatic heterocycles. The van der Waals surface area contributed by atoms with Crippen LogP contribution < -0.4 is 10.9 Å². The van der Waals surface area contributed by atoms with Crippen LogP contribution in [0.15, 0.2) is 50.0 Å². The lowest BCUT2D eigenvalue weighted by molar-refractivity contribution is -0.120. The van der Waals surface area contributed by atoms with Gasteiger partial charge < -0.3 is 19.1 Å². The van der Waals surface area contributed by atoms with Gasteiger partial charge in [-0.15, -0.1) is 0 Å². The molecule has 0 atom stereocenters. The second-order valence-electron chi connectivity index (χ2n) is 6.51. The minimum absolute atomic E-state index is 0.0371. The number of nitrogens with zero attached hydrogens (tertiary/aromatic N) is 1. The van der Waals surface area contributed by atoms with Crippen molar-refractivity contribution in [3.63, 3.8) is 0 Å². The molecule has 0 bridgehead atoms. The molecule has 7 nitrogen and oxygen atoms in total. The molecule has 140 valence electrons. The number of carbonyl (C=O) groups is 2. The summed E-state index contributed by atoms with van der Waals surface area (Å²) in [5.74, 6) is 0.178. The number of nitrogens with one attached hydrogen (secondary N) is 1. The molecule has 0 unspecified atom stereocenters. The van der Waals surface area contributed by atoms with Gasteiger partial charge in [0.25, 0.3) is 5.91 Å². The number of aryl methyl sites for hydroxylation is 1. The average molecular weight is 368 g/mol. The largest absolute Gasteiger partial charge is 0.454 e. The van der Waals surface area contributed by atoms with Crippen LogP contribution in [0.25, 0.3) is 11.0 Å². The van der Waals surface area contributed by atoms with Gasteiger partial charge in [0.1, 0.15) is 11.3 Å². The zero-order valence-corrected chi connectivity index (χ0v) is 15.4. The standard InChI is InChI=1S/C20H20N2O5/c1-12-4-6-15-13(10-19(24)27-17(15)8-12)9-18(23)21-11-14-5-7-16(26-14)20(25)22(2)3/h4-8,10H,9,11H2,1-3H3,(H,21,23). The van der Waals surface area contributed by atoms with Crippen molar-refractivity contribution in [1.29, 1.82) is 0 Å². The molecule has 0 spiro atoms. The number of amides is 2. The number of carbonyl (C=O) groups excluding carboxylic acids is 2. The third-order valence-corrected chi connectivity index (χ3v) is 4.08. The highest BCUT2D eigenvalue weighted by molar-refractivity contribution is 5.91. The van der Waals surface area contributed by atoms with E-state index in [9.17, 15) is 14.4 Å². The molecule has 27 heavy (non-hydrogen) atoms. The van der Waals surface area contributed by atoms with Crippen molar-refractivity contribution in [3.05, 3.63) is 69.5 Å². The summed E-state index contributed by atoms with van der Waals surface area (Å²) in [7, 11) is 3.27. The topological polar surface area (TPSA) is 92.8 Å². The maximum absolute atomic E-state index is 12.3. The van der Waals surface area contributed by atoms with E-state index < -0.39 is 5.63 Å². The van der Waals surface area contributed by atoms with E-state index in [1.165, 1.54) is 11.0 Å². The maximum atomic E-state index is 12.3. The summed E-state index contributed by atoms with van der Waals surface area (Å²) in [4.78, 5) is 37.3. The zero-order valence-electron chi connectivity index (χ0n) is 15.4. The van der Waals surface area contributed by atoms with Crippen molar-refractivity contribution < 1.29 is 18.4 Å². The second-order valence-corrected chi connectivity index (χ2v) is 6.51. The highest BCUT2D eigenvalue weighted by Gasteiger charge is 2.14. The Bertz CT molecular complexity index is 1060. The van der Waals surface area contributed by atoms with E-state index >= 15 is 0 Å². The van der Waals surface area contributed by atoms with Gasteiger partial charge in [0.2, 0.25) is 5.91 Å². The summed E-state index contributed by atoms with van der Waals surface area (Å²) in [5, 5.41) is 3.46. The summed E-state index contributed by atoms with van der Waals surface area (Å²) in [6.45, 7) is 2.05. The van der Waals surface area contributed by atoms with Crippen LogP contribution in [0.5, 0.6) is 0 Å². The lowest BCUT2D eigenvalue weighted by Gasteiger charge is -2.08. The van der Waals surface area contributed by atoms with Gasteiger partial charge in [0, 0.05) is 25.5 Å². The molecule has 7 heteroatoms. The molecule has 0 saturated carbocycles. The number of furan rings is 1. The van der Waals surface area contributed by atoms with E-state index in [0.29, 0.717) is 16.9 Å². The Labute approximate surface area is 155 Å². The van der Waals surface area contributed by atoms with Crippen LogP contribution in [-0.4, -0.2) is 30.8 Å². The Hall–Kier alpha value is -3.35. The first-order valence-electron chi connectivity index (χ1n) is 8.44. The minimum atomic E-state index is -0.492. The highest BCUT2D eigenvalue weighted by Crippen LogP contribution is 2.19. The predicted octanol–water partition coefficient (Wildman–Crippen LogP) is 2.26. The van der Waals surface area contributed by atoms with Gasteiger partial charge in [-0.25, -0.2) is 4.79 Å². The van der Waals surface area contributed by atoms with Gasteiger partial charge >= 0.3 is 5.63 Å². The normalized spacial score (nSPS) is 10.8.